The molecule has 18 heavy (non-hydrogen) atoms. The van der Waals surface area contributed by atoms with Gasteiger partial charge in [0.15, 0.2) is 0 Å². The molecule has 1 aromatic rings. The zero-order valence-electron chi connectivity index (χ0n) is 11.5. The molecule has 2 atom stereocenters. The van der Waals surface area contributed by atoms with Crippen molar-refractivity contribution in [2.75, 3.05) is 6.54 Å². The maximum absolute atomic E-state index is 6.27. The van der Waals surface area contributed by atoms with Crippen LogP contribution in [0.25, 0.3) is 0 Å². The van der Waals surface area contributed by atoms with E-state index in [0.717, 1.165) is 18.0 Å². The number of benzene rings is 1. The van der Waals surface area contributed by atoms with Gasteiger partial charge in [0.2, 0.25) is 0 Å². The van der Waals surface area contributed by atoms with Crippen LogP contribution in [0.4, 0.5) is 0 Å². The number of nitrogens with two attached hydrogens (primary N) is 1. The lowest BCUT2D eigenvalue weighted by molar-refractivity contribution is 0.121. The molecule has 1 aliphatic rings. The van der Waals surface area contributed by atoms with Gasteiger partial charge in [0.25, 0.3) is 0 Å². The van der Waals surface area contributed by atoms with E-state index in [1.807, 2.05) is 12.1 Å². The largest absolute Gasteiger partial charge is 0.330 e. The Morgan fingerprint density at radius 2 is 2.00 bits per heavy atom. The van der Waals surface area contributed by atoms with E-state index in [9.17, 15) is 0 Å². The molecule has 1 aliphatic carbocycles. The molecule has 0 bridgehead atoms. The van der Waals surface area contributed by atoms with E-state index in [1.165, 1.54) is 24.8 Å². The first-order valence-corrected chi connectivity index (χ1v) is 7.33. The minimum atomic E-state index is 0.456. The van der Waals surface area contributed by atoms with E-state index in [1.54, 1.807) is 0 Å². The third-order valence-corrected chi connectivity index (χ3v) is 4.78. The fraction of sp³-hybridized carbons (Fsp3) is 0.625. The number of halogens is 1. The van der Waals surface area contributed by atoms with Crippen molar-refractivity contribution in [3.8, 4) is 0 Å². The molecule has 0 radical (unpaired) electrons. The fourth-order valence-electron chi connectivity index (χ4n) is 3.29. The Balaban J connectivity index is 2.12. The second-order valence-corrected chi connectivity index (χ2v) is 6.87. The summed E-state index contributed by atoms with van der Waals surface area (Å²) in [6.07, 6.45) is 4.90. The Kier molecular flexibility index (Phi) is 4.34. The molecular formula is C16H24ClN. The summed E-state index contributed by atoms with van der Waals surface area (Å²) in [5.41, 5.74) is 7.67. The summed E-state index contributed by atoms with van der Waals surface area (Å²) in [5, 5.41) is 0.900. The van der Waals surface area contributed by atoms with Crippen molar-refractivity contribution in [1.29, 1.82) is 0 Å². The van der Waals surface area contributed by atoms with Gasteiger partial charge in [-0.25, -0.2) is 0 Å². The highest BCUT2D eigenvalue weighted by molar-refractivity contribution is 6.31. The van der Waals surface area contributed by atoms with Crippen LogP contribution in [0.3, 0.4) is 0 Å². The molecule has 1 saturated carbocycles. The third-order valence-electron chi connectivity index (χ3n) is 4.42. The highest BCUT2D eigenvalue weighted by atomic mass is 35.5. The van der Waals surface area contributed by atoms with Gasteiger partial charge in [-0.1, -0.05) is 43.6 Å². The van der Waals surface area contributed by atoms with Crippen LogP contribution in [0.15, 0.2) is 24.3 Å². The summed E-state index contributed by atoms with van der Waals surface area (Å²) in [6, 6.07) is 8.21. The van der Waals surface area contributed by atoms with Gasteiger partial charge in [0, 0.05) is 5.02 Å². The fourth-order valence-corrected chi connectivity index (χ4v) is 3.50. The number of hydrogen-bond acceptors (Lipinski definition) is 1. The van der Waals surface area contributed by atoms with Gasteiger partial charge in [-0.3, -0.25) is 0 Å². The molecule has 0 heterocycles. The van der Waals surface area contributed by atoms with Crippen molar-refractivity contribution in [2.24, 2.45) is 23.0 Å². The molecule has 0 amide bonds. The molecule has 1 fully saturated rings. The van der Waals surface area contributed by atoms with Crippen molar-refractivity contribution in [2.45, 2.75) is 39.5 Å². The van der Waals surface area contributed by atoms with E-state index in [0.29, 0.717) is 17.3 Å². The van der Waals surface area contributed by atoms with E-state index in [4.69, 9.17) is 17.3 Å². The van der Waals surface area contributed by atoms with E-state index in [-0.39, 0.29) is 0 Å². The highest BCUT2D eigenvalue weighted by Crippen LogP contribution is 2.43. The van der Waals surface area contributed by atoms with Gasteiger partial charge in [-0.2, -0.15) is 0 Å². The predicted molar refractivity (Wildman–Crippen MR) is 78.8 cm³/mol. The van der Waals surface area contributed by atoms with Crippen molar-refractivity contribution in [1.82, 2.24) is 0 Å². The molecule has 2 heteroatoms. The normalized spacial score (nSPS) is 27.1. The van der Waals surface area contributed by atoms with Crippen LogP contribution < -0.4 is 5.73 Å². The molecule has 1 nitrogen and oxygen atoms in total. The molecule has 0 saturated heterocycles. The van der Waals surface area contributed by atoms with Gasteiger partial charge in [0.05, 0.1) is 0 Å². The van der Waals surface area contributed by atoms with E-state index in [2.05, 4.69) is 26.0 Å². The Morgan fingerprint density at radius 3 is 2.67 bits per heavy atom. The Hall–Kier alpha value is -0.530. The van der Waals surface area contributed by atoms with Crippen LogP contribution in [0.1, 0.15) is 38.7 Å². The van der Waals surface area contributed by atoms with Crippen molar-refractivity contribution >= 4 is 11.6 Å². The first-order valence-electron chi connectivity index (χ1n) is 6.95. The summed E-state index contributed by atoms with van der Waals surface area (Å²) in [4.78, 5) is 0. The Bertz CT molecular complexity index is 400. The molecular weight excluding hydrogens is 242 g/mol. The first kappa shape index (κ1) is 13.9. The Morgan fingerprint density at radius 1 is 1.28 bits per heavy atom. The van der Waals surface area contributed by atoms with Crippen LogP contribution in [0.5, 0.6) is 0 Å². The predicted octanol–water partition coefficient (Wildman–Crippen LogP) is 4.28. The third kappa shape index (κ3) is 3.27. The molecule has 2 unspecified atom stereocenters. The minimum absolute atomic E-state index is 0.456. The molecule has 0 aromatic heterocycles. The second-order valence-electron chi connectivity index (χ2n) is 6.46. The molecule has 0 aliphatic heterocycles. The second kappa shape index (κ2) is 5.63. The van der Waals surface area contributed by atoms with E-state index < -0.39 is 0 Å². The van der Waals surface area contributed by atoms with Crippen LogP contribution >= 0.6 is 11.6 Å². The zero-order chi connectivity index (χ0) is 13.2. The number of rotatable bonds is 3. The maximum Gasteiger partial charge on any atom is 0.0438 e. The maximum atomic E-state index is 6.27. The summed E-state index contributed by atoms with van der Waals surface area (Å²) in [6.45, 7) is 5.56. The standard InChI is InChI=1S/C16H24ClN/c1-16(2)8-7-13(11-18)14(10-16)9-12-5-3-4-6-15(12)17/h3-6,13-14H,7-11,18H2,1-2H3. The zero-order valence-corrected chi connectivity index (χ0v) is 12.2. The highest BCUT2D eigenvalue weighted by Gasteiger charge is 2.34. The van der Waals surface area contributed by atoms with Crippen LogP contribution in [0, 0.1) is 17.3 Å². The van der Waals surface area contributed by atoms with Crippen molar-refractivity contribution in [3.05, 3.63) is 34.9 Å². The average molecular weight is 266 g/mol. The van der Waals surface area contributed by atoms with Crippen molar-refractivity contribution < 1.29 is 0 Å². The average Bonchev–Trinajstić information content (AvgIpc) is 2.31. The molecule has 100 valence electrons. The van der Waals surface area contributed by atoms with Crippen LogP contribution in [-0.4, -0.2) is 6.54 Å². The van der Waals surface area contributed by atoms with Gasteiger partial charge in [0.1, 0.15) is 0 Å². The van der Waals surface area contributed by atoms with Crippen LogP contribution in [0.2, 0.25) is 5.02 Å². The smallest absolute Gasteiger partial charge is 0.0438 e. The topological polar surface area (TPSA) is 26.0 Å². The van der Waals surface area contributed by atoms with E-state index >= 15 is 0 Å². The van der Waals surface area contributed by atoms with Gasteiger partial charge in [-0.05, 0) is 61.1 Å². The molecule has 2 rings (SSSR count). The first-order chi connectivity index (χ1) is 8.52. The lowest BCUT2D eigenvalue weighted by atomic mass is 9.65. The lowest BCUT2D eigenvalue weighted by Gasteiger charge is -2.40. The summed E-state index contributed by atoms with van der Waals surface area (Å²) in [7, 11) is 0. The van der Waals surface area contributed by atoms with Gasteiger partial charge < -0.3 is 5.73 Å². The molecule has 1 aromatic carbocycles. The van der Waals surface area contributed by atoms with Gasteiger partial charge >= 0.3 is 0 Å². The Labute approximate surface area is 116 Å². The van der Waals surface area contributed by atoms with Crippen LogP contribution in [-0.2, 0) is 6.42 Å². The summed E-state index contributed by atoms with van der Waals surface area (Å²) < 4.78 is 0. The summed E-state index contributed by atoms with van der Waals surface area (Å²) >= 11 is 6.27. The minimum Gasteiger partial charge on any atom is -0.330 e. The monoisotopic (exact) mass is 265 g/mol. The lowest BCUT2D eigenvalue weighted by Crippen LogP contribution is -2.35. The molecule has 2 N–H and O–H groups in total. The SMILES string of the molecule is CC1(C)CCC(CN)C(Cc2ccccc2Cl)C1. The summed E-state index contributed by atoms with van der Waals surface area (Å²) in [5.74, 6) is 1.34. The number of hydrogen-bond donors (Lipinski definition) is 1. The van der Waals surface area contributed by atoms with Gasteiger partial charge in [-0.15, -0.1) is 0 Å². The van der Waals surface area contributed by atoms with Crippen molar-refractivity contribution in [3.63, 3.8) is 0 Å². The molecule has 0 spiro atoms. The quantitative estimate of drug-likeness (QED) is 0.867.